The second-order valence-electron chi connectivity index (χ2n) is 6.41. The number of hydrogen-bond donors (Lipinski definition) is 1. The lowest BCUT2D eigenvalue weighted by Crippen LogP contribution is -2.51. The molecule has 2 atom stereocenters. The summed E-state index contributed by atoms with van der Waals surface area (Å²) in [4.78, 5) is 17.2. The molecule has 0 radical (unpaired) electrons. The van der Waals surface area contributed by atoms with E-state index in [0.717, 1.165) is 19.5 Å². The normalized spacial score (nSPS) is 26.9. The highest BCUT2D eigenvalue weighted by molar-refractivity contribution is 5.79. The summed E-state index contributed by atoms with van der Waals surface area (Å²) in [5.41, 5.74) is 5.78. The molecule has 0 saturated carbocycles. The molecule has 2 fully saturated rings. The number of nitrogens with zero attached hydrogens (tertiary/aromatic N) is 2. The molecule has 2 saturated heterocycles. The van der Waals surface area contributed by atoms with E-state index in [0.29, 0.717) is 18.5 Å². The fourth-order valence-corrected chi connectivity index (χ4v) is 3.45. The molecule has 4 nitrogen and oxygen atoms in total. The Morgan fingerprint density at radius 1 is 1.21 bits per heavy atom. The van der Waals surface area contributed by atoms with Crippen LogP contribution in [-0.2, 0) is 4.79 Å². The molecule has 2 unspecified atom stereocenters. The summed E-state index contributed by atoms with van der Waals surface area (Å²) in [6.45, 7) is 8.94. The Hall–Kier alpha value is -0.610. The summed E-state index contributed by atoms with van der Waals surface area (Å²) in [6, 6.07) is 0.589. The Morgan fingerprint density at radius 3 is 2.47 bits per heavy atom. The zero-order chi connectivity index (χ0) is 13.8. The number of rotatable bonds is 4. The number of piperidine rings is 1. The molecule has 2 aliphatic heterocycles. The summed E-state index contributed by atoms with van der Waals surface area (Å²) in [6.07, 6.45) is 5.03. The number of likely N-dealkylation sites (tertiary alicyclic amines) is 2. The van der Waals surface area contributed by atoms with Gasteiger partial charge in [0.25, 0.3) is 0 Å². The Morgan fingerprint density at radius 2 is 1.89 bits per heavy atom. The third kappa shape index (κ3) is 3.48. The maximum Gasteiger partial charge on any atom is 0.227 e. The van der Waals surface area contributed by atoms with Gasteiger partial charge in [-0.15, -0.1) is 0 Å². The van der Waals surface area contributed by atoms with Crippen LogP contribution in [0.1, 0.15) is 39.5 Å². The van der Waals surface area contributed by atoms with Crippen LogP contribution in [0, 0.1) is 11.8 Å². The van der Waals surface area contributed by atoms with Crippen LogP contribution in [0.25, 0.3) is 0 Å². The first kappa shape index (κ1) is 14.8. The molecule has 19 heavy (non-hydrogen) atoms. The van der Waals surface area contributed by atoms with Crippen LogP contribution in [0.2, 0.25) is 0 Å². The van der Waals surface area contributed by atoms with Gasteiger partial charge in [-0.3, -0.25) is 9.69 Å². The molecule has 2 rings (SSSR count). The van der Waals surface area contributed by atoms with Crippen molar-refractivity contribution in [3.63, 3.8) is 0 Å². The van der Waals surface area contributed by atoms with Gasteiger partial charge in [0.1, 0.15) is 0 Å². The maximum atomic E-state index is 12.6. The van der Waals surface area contributed by atoms with Crippen molar-refractivity contribution in [2.24, 2.45) is 17.6 Å². The average Bonchev–Trinajstić information content (AvgIpc) is 2.93. The molecule has 2 aliphatic rings. The van der Waals surface area contributed by atoms with Gasteiger partial charge in [-0.25, -0.2) is 0 Å². The number of carbonyl (C=O) groups excluding carboxylic acids is 1. The van der Waals surface area contributed by atoms with Gasteiger partial charge in [0.05, 0.1) is 5.92 Å². The van der Waals surface area contributed by atoms with E-state index in [9.17, 15) is 4.79 Å². The van der Waals surface area contributed by atoms with Gasteiger partial charge in [-0.2, -0.15) is 0 Å². The van der Waals surface area contributed by atoms with Crippen molar-refractivity contribution in [2.75, 3.05) is 32.7 Å². The minimum Gasteiger partial charge on any atom is -0.341 e. The second-order valence-corrected chi connectivity index (χ2v) is 6.41. The molecular formula is C15H29N3O. The fourth-order valence-electron chi connectivity index (χ4n) is 3.45. The zero-order valence-electron chi connectivity index (χ0n) is 12.5. The summed E-state index contributed by atoms with van der Waals surface area (Å²) >= 11 is 0. The first-order valence-corrected chi connectivity index (χ1v) is 7.86. The summed E-state index contributed by atoms with van der Waals surface area (Å²) in [5.74, 6) is 0.614. The lowest BCUT2D eigenvalue weighted by atomic mass is 9.93. The average molecular weight is 267 g/mol. The van der Waals surface area contributed by atoms with Crippen LogP contribution in [0.15, 0.2) is 0 Å². The SMILES string of the molecule is CC(C)C(CN)C(=O)N1CCCC(N2CCCC2)C1. The van der Waals surface area contributed by atoms with Crippen LogP contribution in [0.5, 0.6) is 0 Å². The predicted octanol–water partition coefficient (Wildman–Crippen LogP) is 1.30. The van der Waals surface area contributed by atoms with Gasteiger partial charge in [-0.05, 0) is 44.7 Å². The molecule has 0 aromatic rings. The van der Waals surface area contributed by atoms with E-state index in [2.05, 4.69) is 23.6 Å². The molecule has 0 spiro atoms. The van der Waals surface area contributed by atoms with Crippen molar-refractivity contribution in [3.05, 3.63) is 0 Å². The number of hydrogen-bond acceptors (Lipinski definition) is 3. The van der Waals surface area contributed by atoms with E-state index in [-0.39, 0.29) is 11.8 Å². The van der Waals surface area contributed by atoms with Crippen LogP contribution in [-0.4, -0.2) is 54.5 Å². The van der Waals surface area contributed by atoms with Crippen molar-refractivity contribution >= 4 is 5.91 Å². The fraction of sp³-hybridized carbons (Fsp3) is 0.933. The lowest BCUT2D eigenvalue weighted by Gasteiger charge is -2.39. The van der Waals surface area contributed by atoms with Gasteiger partial charge >= 0.3 is 0 Å². The number of amides is 1. The molecule has 110 valence electrons. The van der Waals surface area contributed by atoms with E-state index >= 15 is 0 Å². The summed E-state index contributed by atoms with van der Waals surface area (Å²) < 4.78 is 0. The Balaban J connectivity index is 1.94. The van der Waals surface area contributed by atoms with E-state index in [4.69, 9.17) is 5.73 Å². The van der Waals surface area contributed by atoms with Crippen LogP contribution in [0.3, 0.4) is 0 Å². The molecule has 0 bridgehead atoms. The molecule has 0 aromatic carbocycles. The molecule has 0 aromatic heterocycles. The minimum absolute atomic E-state index is 0.00247. The second kappa shape index (κ2) is 6.71. The maximum absolute atomic E-state index is 12.6. The molecular weight excluding hydrogens is 238 g/mol. The molecule has 2 heterocycles. The zero-order valence-corrected chi connectivity index (χ0v) is 12.5. The van der Waals surface area contributed by atoms with Crippen LogP contribution >= 0.6 is 0 Å². The van der Waals surface area contributed by atoms with Gasteiger partial charge in [0.15, 0.2) is 0 Å². The topological polar surface area (TPSA) is 49.6 Å². The van der Waals surface area contributed by atoms with E-state index < -0.39 is 0 Å². The van der Waals surface area contributed by atoms with Gasteiger partial charge in [0.2, 0.25) is 5.91 Å². The van der Waals surface area contributed by atoms with E-state index in [1.807, 2.05) is 0 Å². The predicted molar refractivity (Wildman–Crippen MR) is 77.8 cm³/mol. The first-order valence-electron chi connectivity index (χ1n) is 7.86. The Labute approximate surface area is 117 Å². The summed E-state index contributed by atoms with van der Waals surface area (Å²) in [7, 11) is 0. The highest BCUT2D eigenvalue weighted by atomic mass is 16.2. The van der Waals surface area contributed by atoms with Gasteiger partial charge < -0.3 is 10.6 Å². The highest BCUT2D eigenvalue weighted by Gasteiger charge is 2.32. The van der Waals surface area contributed by atoms with Crippen molar-refractivity contribution in [1.29, 1.82) is 0 Å². The Bertz CT molecular complexity index is 300. The quantitative estimate of drug-likeness (QED) is 0.835. The van der Waals surface area contributed by atoms with E-state index in [1.165, 1.54) is 32.4 Å². The third-order valence-corrected chi connectivity index (χ3v) is 4.74. The monoisotopic (exact) mass is 267 g/mol. The minimum atomic E-state index is -0.00247. The van der Waals surface area contributed by atoms with Gasteiger partial charge in [-0.1, -0.05) is 13.8 Å². The molecule has 0 aliphatic carbocycles. The van der Waals surface area contributed by atoms with Crippen LogP contribution < -0.4 is 5.73 Å². The largest absolute Gasteiger partial charge is 0.341 e. The van der Waals surface area contributed by atoms with Crippen molar-refractivity contribution in [3.8, 4) is 0 Å². The first-order chi connectivity index (χ1) is 9.13. The molecule has 2 N–H and O–H groups in total. The highest BCUT2D eigenvalue weighted by Crippen LogP contribution is 2.22. The Kier molecular flexibility index (Phi) is 5.22. The third-order valence-electron chi connectivity index (χ3n) is 4.74. The standard InChI is InChI=1S/C15H29N3O/c1-12(2)14(10-16)15(19)18-9-5-6-13(11-18)17-7-3-4-8-17/h12-14H,3-11,16H2,1-2H3. The molecule has 4 heteroatoms. The summed E-state index contributed by atoms with van der Waals surface area (Å²) in [5, 5.41) is 0. The smallest absolute Gasteiger partial charge is 0.227 e. The van der Waals surface area contributed by atoms with Crippen molar-refractivity contribution < 1.29 is 4.79 Å². The lowest BCUT2D eigenvalue weighted by molar-refractivity contribution is -0.138. The van der Waals surface area contributed by atoms with Crippen molar-refractivity contribution in [2.45, 2.75) is 45.6 Å². The van der Waals surface area contributed by atoms with E-state index in [1.54, 1.807) is 0 Å². The van der Waals surface area contributed by atoms with Gasteiger partial charge in [0, 0.05) is 25.7 Å². The number of carbonyl (C=O) groups is 1. The van der Waals surface area contributed by atoms with Crippen LogP contribution in [0.4, 0.5) is 0 Å². The number of nitrogens with two attached hydrogens (primary N) is 1. The molecule has 1 amide bonds. The van der Waals surface area contributed by atoms with Crippen molar-refractivity contribution in [1.82, 2.24) is 9.80 Å².